The highest BCUT2D eigenvalue weighted by atomic mass is 32.2. The van der Waals surface area contributed by atoms with Gasteiger partial charge in [0.05, 0.1) is 32.6 Å². The van der Waals surface area contributed by atoms with E-state index in [1.165, 1.54) is 11.8 Å². The molecule has 3 rings (SSSR count). The molecule has 1 heterocycles. The molecule has 0 unspecified atom stereocenters. The van der Waals surface area contributed by atoms with Crippen LogP contribution in [0.25, 0.3) is 5.69 Å². The van der Waals surface area contributed by atoms with Crippen LogP contribution in [0.4, 0.5) is 0 Å². The van der Waals surface area contributed by atoms with Crippen LogP contribution in [0.5, 0.6) is 11.5 Å². The van der Waals surface area contributed by atoms with Crippen LogP contribution in [0.15, 0.2) is 53.7 Å². The maximum Gasteiger partial charge on any atom is 0.316 e. The highest BCUT2D eigenvalue weighted by Gasteiger charge is 2.17. The van der Waals surface area contributed by atoms with Gasteiger partial charge < -0.3 is 19.5 Å². The lowest BCUT2D eigenvalue weighted by Gasteiger charge is -2.12. The highest BCUT2D eigenvalue weighted by molar-refractivity contribution is 7.99. The van der Waals surface area contributed by atoms with Gasteiger partial charge in [-0.2, -0.15) is 0 Å². The van der Waals surface area contributed by atoms with Gasteiger partial charge in [-0.15, -0.1) is 10.2 Å². The van der Waals surface area contributed by atoms with Crippen molar-refractivity contribution in [1.82, 2.24) is 20.1 Å². The van der Waals surface area contributed by atoms with Crippen molar-refractivity contribution < 1.29 is 23.8 Å². The average molecular weight is 471 g/mol. The van der Waals surface area contributed by atoms with Crippen molar-refractivity contribution in [2.75, 3.05) is 26.1 Å². The minimum Gasteiger partial charge on any atom is -0.497 e. The molecule has 0 saturated heterocycles. The monoisotopic (exact) mass is 470 g/mol. The third-order valence-corrected chi connectivity index (χ3v) is 5.39. The summed E-state index contributed by atoms with van der Waals surface area (Å²) < 4.78 is 17.4. The zero-order valence-corrected chi connectivity index (χ0v) is 19.6. The molecular formula is C23H26N4O5S. The van der Waals surface area contributed by atoms with E-state index >= 15 is 0 Å². The first-order valence-electron chi connectivity index (χ1n) is 10.4. The number of thioether (sulfide) groups is 1. The third-order valence-electron chi connectivity index (χ3n) is 4.49. The minimum atomic E-state index is -0.335. The molecule has 0 aliphatic heterocycles. The summed E-state index contributed by atoms with van der Waals surface area (Å²) in [6.45, 7) is 4.70. The van der Waals surface area contributed by atoms with E-state index in [0.717, 1.165) is 11.4 Å². The largest absolute Gasteiger partial charge is 0.497 e. The number of rotatable bonds is 11. The van der Waals surface area contributed by atoms with E-state index in [2.05, 4.69) is 15.5 Å². The van der Waals surface area contributed by atoms with Gasteiger partial charge in [-0.3, -0.25) is 14.2 Å². The lowest BCUT2D eigenvalue weighted by molar-refractivity contribution is -0.139. The molecule has 0 saturated carbocycles. The van der Waals surface area contributed by atoms with Crippen LogP contribution in [-0.4, -0.2) is 52.7 Å². The Balaban J connectivity index is 1.80. The molecule has 1 aromatic heterocycles. The minimum absolute atomic E-state index is 0.0984. The average Bonchev–Trinajstić information content (AvgIpc) is 3.25. The third kappa shape index (κ3) is 6.48. The van der Waals surface area contributed by atoms with Gasteiger partial charge in [-0.25, -0.2) is 0 Å². The molecule has 33 heavy (non-hydrogen) atoms. The molecule has 2 aromatic carbocycles. The van der Waals surface area contributed by atoms with Crippen LogP contribution in [0.2, 0.25) is 0 Å². The predicted molar refractivity (Wildman–Crippen MR) is 124 cm³/mol. The number of carbonyl (C=O) groups excluding carboxylic acids is 2. The summed E-state index contributed by atoms with van der Waals surface area (Å²) in [7, 11) is 1.57. The zero-order chi connectivity index (χ0) is 23.6. The van der Waals surface area contributed by atoms with Gasteiger partial charge in [0.15, 0.2) is 11.0 Å². The smallest absolute Gasteiger partial charge is 0.316 e. The van der Waals surface area contributed by atoms with E-state index in [1.54, 1.807) is 42.9 Å². The van der Waals surface area contributed by atoms with Crippen LogP contribution in [0, 0.1) is 0 Å². The van der Waals surface area contributed by atoms with E-state index in [9.17, 15) is 9.59 Å². The van der Waals surface area contributed by atoms with Crippen LogP contribution in [-0.2, 0) is 16.1 Å². The second kappa shape index (κ2) is 11.9. The number of esters is 1. The summed E-state index contributed by atoms with van der Waals surface area (Å²) >= 11 is 1.22. The SMILES string of the molecule is CCOC(=O)CSc1nnc(CNC(=O)c2ccc(OC)cc2)n1-c1ccc(OCC)cc1. The standard InChI is InChI=1S/C23H26N4O5S/c1-4-31-19-12-8-17(9-13-19)27-20(25-26-23(27)33-15-21(28)32-5-2)14-24-22(29)16-6-10-18(30-3)11-7-16/h6-13H,4-5,14-15H2,1-3H3,(H,24,29). The summed E-state index contributed by atoms with van der Waals surface area (Å²) in [5.41, 5.74) is 1.28. The Kier molecular flexibility index (Phi) is 8.71. The molecule has 10 heteroatoms. The van der Waals surface area contributed by atoms with Crippen molar-refractivity contribution in [2.45, 2.75) is 25.5 Å². The van der Waals surface area contributed by atoms with E-state index in [-0.39, 0.29) is 24.2 Å². The lowest BCUT2D eigenvalue weighted by Crippen LogP contribution is -2.24. The summed E-state index contributed by atoms with van der Waals surface area (Å²) in [5.74, 6) is 1.45. The Labute approximate surface area is 196 Å². The number of hydrogen-bond acceptors (Lipinski definition) is 8. The van der Waals surface area contributed by atoms with Crippen LogP contribution in [0.1, 0.15) is 30.0 Å². The molecule has 0 radical (unpaired) electrons. The van der Waals surface area contributed by atoms with Crippen molar-refractivity contribution in [3.8, 4) is 17.2 Å². The molecule has 1 N–H and O–H groups in total. The van der Waals surface area contributed by atoms with Crippen molar-refractivity contribution in [3.05, 3.63) is 59.9 Å². The van der Waals surface area contributed by atoms with Gasteiger partial charge in [-0.1, -0.05) is 11.8 Å². The van der Waals surface area contributed by atoms with Gasteiger partial charge in [0, 0.05) is 11.3 Å². The van der Waals surface area contributed by atoms with Gasteiger partial charge in [0.1, 0.15) is 11.5 Å². The molecule has 0 bridgehead atoms. The maximum absolute atomic E-state index is 12.6. The number of methoxy groups -OCH3 is 1. The zero-order valence-electron chi connectivity index (χ0n) is 18.7. The number of benzene rings is 2. The molecule has 0 spiro atoms. The van der Waals surface area contributed by atoms with E-state index in [1.807, 2.05) is 31.2 Å². The number of ether oxygens (including phenoxy) is 3. The number of nitrogens with zero attached hydrogens (tertiary/aromatic N) is 3. The Morgan fingerprint density at radius 1 is 0.970 bits per heavy atom. The topological polar surface area (TPSA) is 105 Å². The quantitative estimate of drug-likeness (QED) is 0.336. The molecule has 3 aromatic rings. The van der Waals surface area contributed by atoms with Crippen molar-refractivity contribution in [2.24, 2.45) is 0 Å². The molecule has 9 nitrogen and oxygen atoms in total. The van der Waals surface area contributed by atoms with E-state index in [0.29, 0.717) is 35.5 Å². The fraction of sp³-hybridized carbons (Fsp3) is 0.304. The number of nitrogens with one attached hydrogen (secondary N) is 1. The van der Waals surface area contributed by atoms with Crippen molar-refractivity contribution >= 4 is 23.6 Å². The molecule has 0 aliphatic carbocycles. The van der Waals surface area contributed by atoms with Crippen LogP contribution < -0.4 is 14.8 Å². The van der Waals surface area contributed by atoms with Gasteiger partial charge in [0.25, 0.3) is 5.91 Å². The molecule has 1 amide bonds. The summed E-state index contributed by atoms with van der Waals surface area (Å²) in [6, 6.07) is 14.3. The van der Waals surface area contributed by atoms with Gasteiger partial charge in [-0.05, 0) is 62.4 Å². The maximum atomic E-state index is 12.6. The fourth-order valence-electron chi connectivity index (χ4n) is 2.96. The van der Waals surface area contributed by atoms with Crippen molar-refractivity contribution in [3.63, 3.8) is 0 Å². The number of aromatic nitrogens is 3. The van der Waals surface area contributed by atoms with Gasteiger partial charge >= 0.3 is 5.97 Å². The fourth-order valence-corrected chi connectivity index (χ4v) is 3.72. The highest BCUT2D eigenvalue weighted by Crippen LogP contribution is 2.24. The first-order valence-corrected chi connectivity index (χ1v) is 11.4. The number of amides is 1. The molecule has 0 fully saturated rings. The Bertz CT molecular complexity index is 1070. The summed E-state index contributed by atoms with van der Waals surface area (Å²) in [5, 5.41) is 11.8. The predicted octanol–water partition coefficient (Wildman–Crippen LogP) is 3.26. The second-order valence-corrected chi connectivity index (χ2v) is 7.61. The normalized spacial score (nSPS) is 10.5. The Morgan fingerprint density at radius 3 is 2.30 bits per heavy atom. The van der Waals surface area contributed by atoms with E-state index < -0.39 is 0 Å². The van der Waals surface area contributed by atoms with Gasteiger partial charge in [0.2, 0.25) is 0 Å². The molecule has 0 aliphatic rings. The van der Waals surface area contributed by atoms with Crippen LogP contribution in [0.3, 0.4) is 0 Å². The Hall–Kier alpha value is -3.53. The number of hydrogen-bond donors (Lipinski definition) is 1. The van der Waals surface area contributed by atoms with Crippen LogP contribution >= 0.6 is 11.8 Å². The molecular weight excluding hydrogens is 444 g/mol. The first kappa shape index (κ1) is 24.1. The lowest BCUT2D eigenvalue weighted by atomic mass is 10.2. The molecule has 174 valence electrons. The van der Waals surface area contributed by atoms with Crippen molar-refractivity contribution in [1.29, 1.82) is 0 Å². The number of carbonyl (C=O) groups is 2. The molecule has 0 atom stereocenters. The summed E-state index contributed by atoms with van der Waals surface area (Å²) in [4.78, 5) is 24.4. The van der Waals surface area contributed by atoms with E-state index in [4.69, 9.17) is 14.2 Å². The Morgan fingerprint density at radius 2 is 1.67 bits per heavy atom. The summed E-state index contributed by atoms with van der Waals surface area (Å²) in [6.07, 6.45) is 0. The second-order valence-electron chi connectivity index (χ2n) is 6.67. The first-order chi connectivity index (χ1) is 16.0.